The minimum Gasteiger partial charge on any atom is -0.380 e. The predicted molar refractivity (Wildman–Crippen MR) is 58.0 cm³/mol. The van der Waals surface area contributed by atoms with Gasteiger partial charge in [0.2, 0.25) is 10.0 Å². The molecule has 0 aliphatic carbocycles. The summed E-state index contributed by atoms with van der Waals surface area (Å²) in [6.45, 7) is 1.85. The van der Waals surface area contributed by atoms with Gasteiger partial charge in [-0.3, -0.25) is 0 Å². The number of nitrogens with one attached hydrogen (secondary N) is 1. The van der Waals surface area contributed by atoms with Crippen LogP contribution >= 0.6 is 0 Å². The van der Waals surface area contributed by atoms with Crippen LogP contribution in [-0.4, -0.2) is 54.4 Å². The molecule has 1 atom stereocenters. The largest absolute Gasteiger partial charge is 0.380 e. The Morgan fingerprint density at radius 2 is 1.73 bits per heavy atom. The van der Waals surface area contributed by atoms with Crippen molar-refractivity contribution in [2.75, 3.05) is 31.4 Å². The monoisotopic (exact) mass is 259 g/mol. The molecule has 0 aromatic heterocycles. The molecule has 92 valence electrons. The van der Waals surface area contributed by atoms with Crippen molar-refractivity contribution in [2.24, 2.45) is 0 Å². The van der Waals surface area contributed by atoms with Crippen LogP contribution in [0.4, 0.5) is 0 Å². The highest BCUT2D eigenvalue weighted by atomic mass is 32.2. The fourth-order valence-electron chi connectivity index (χ4n) is 0.661. The molecule has 0 rings (SSSR count). The van der Waals surface area contributed by atoms with Gasteiger partial charge in [0.1, 0.15) is 9.84 Å². The van der Waals surface area contributed by atoms with Crippen molar-refractivity contribution < 1.29 is 21.6 Å². The first-order valence-corrected chi connectivity index (χ1v) is 8.05. The van der Waals surface area contributed by atoms with Crippen molar-refractivity contribution in [1.82, 2.24) is 4.72 Å². The first-order valence-electron chi connectivity index (χ1n) is 4.34. The Balaban J connectivity index is 4.10. The van der Waals surface area contributed by atoms with E-state index in [-0.39, 0.29) is 18.4 Å². The van der Waals surface area contributed by atoms with Gasteiger partial charge in [-0.05, 0) is 6.92 Å². The lowest BCUT2D eigenvalue weighted by atomic mass is 10.4. The highest BCUT2D eigenvalue weighted by molar-refractivity contribution is 7.93. The van der Waals surface area contributed by atoms with Crippen LogP contribution in [0, 0.1) is 0 Å². The molecular weight excluding hydrogens is 242 g/mol. The summed E-state index contributed by atoms with van der Waals surface area (Å²) in [6, 6.07) is 0. The normalized spacial score (nSPS) is 15.1. The van der Waals surface area contributed by atoms with Crippen LogP contribution in [0.1, 0.15) is 6.92 Å². The van der Waals surface area contributed by atoms with Gasteiger partial charge in [0.15, 0.2) is 0 Å². The Bertz CT molecular complexity index is 372. The fraction of sp³-hybridized carbons (Fsp3) is 1.00. The molecule has 0 fully saturated rings. The van der Waals surface area contributed by atoms with Gasteiger partial charge in [0, 0.05) is 19.9 Å². The molecule has 0 saturated carbocycles. The predicted octanol–water partition coefficient (Wildman–Crippen LogP) is -1.01. The standard InChI is InChI=1S/C7H17NO5S2/c1-7(13-2)6-8-15(11,12)5-4-14(3,9)10/h7-8H,4-6H2,1-3H3. The maximum Gasteiger partial charge on any atom is 0.212 e. The van der Waals surface area contributed by atoms with Crippen molar-refractivity contribution in [3.8, 4) is 0 Å². The van der Waals surface area contributed by atoms with Crippen LogP contribution in [0.25, 0.3) is 0 Å². The second-order valence-electron chi connectivity index (χ2n) is 3.34. The minimum atomic E-state index is -3.53. The summed E-state index contributed by atoms with van der Waals surface area (Å²) in [7, 11) is -5.31. The van der Waals surface area contributed by atoms with Gasteiger partial charge in [0.25, 0.3) is 0 Å². The summed E-state index contributed by atoms with van der Waals surface area (Å²) in [6.07, 6.45) is 0.762. The fourth-order valence-corrected chi connectivity index (χ4v) is 3.38. The first-order chi connectivity index (χ1) is 6.66. The summed E-state index contributed by atoms with van der Waals surface area (Å²) in [5, 5.41) is 0. The number of ether oxygens (including phenoxy) is 1. The van der Waals surface area contributed by atoms with E-state index in [0.717, 1.165) is 6.26 Å². The van der Waals surface area contributed by atoms with Gasteiger partial charge in [-0.25, -0.2) is 21.6 Å². The number of hydrogen-bond donors (Lipinski definition) is 1. The number of hydrogen-bond acceptors (Lipinski definition) is 5. The van der Waals surface area contributed by atoms with Crippen LogP contribution in [0.2, 0.25) is 0 Å². The van der Waals surface area contributed by atoms with E-state index >= 15 is 0 Å². The third kappa shape index (κ3) is 8.79. The van der Waals surface area contributed by atoms with Gasteiger partial charge in [-0.15, -0.1) is 0 Å². The zero-order valence-corrected chi connectivity index (χ0v) is 10.7. The average Bonchev–Trinajstić information content (AvgIpc) is 2.10. The number of rotatable bonds is 7. The van der Waals surface area contributed by atoms with Crippen LogP contribution in [0.3, 0.4) is 0 Å². The zero-order valence-electron chi connectivity index (χ0n) is 9.06. The lowest BCUT2D eigenvalue weighted by Crippen LogP contribution is -2.35. The van der Waals surface area contributed by atoms with Crippen molar-refractivity contribution in [3.05, 3.63) is 0 Å². The molecule has 0 aliphatic rings. The van der Waals surface area contributed by atoms with Crippen molar-refractivity contribution >= 4 is 19.9 Å². The van der Waals surface area contributed by atoms with E-state index < -0.39 is 25.6 Å². The molecule has 0 bridgehead atoms. The second-order valence-corrected chi connectivity index (χ2v) is 7.53. The molecule has 0 heterocycles. The molecule has 1 unspecified atom stereocenters. The van der Waals surface area contributed by atoms with E-state index in [2.05, 4.69) is 4.72 Å². The smallest absolute Gasteiger partial charge is 0.212 e. The Morgan fingerprint density at radius 3 is 2.13 bits per heavy atom. The summed E-state index contributed by atoms with van der Waals surface area (Å²) in [4.78, 5) is 0. The van der Waals surface area contributed by atoms with E-state index in [1.165, 1.54) is 7.11 Å². The van der Waals surface area contributed by atoms with Gasteiger partial charge in [-0.1, -0.05) is 0 Å². The molecule has 1 N–H and O–H groups in total. The van der Waals surface area contributed by atoms with E-state index in [0.29, 0.717) is 0 Å². The molecule has 0 radical (unpaired) electrons. The SMILES string of the molecule is COC(C)CNS(=O)(=O)CCS(C)(=O)=O. The lowest BCUT2D eigenvalue weighted by Gasteiger charge is -2.10. The average molecular weight is 259 g/mol. The van der Waals surface area contributed by atoms with Crippen molar-refractivity contribution in [2.45, 2.75) is 13.0 Å². The Hall–Kier alpha value is -0.180. The maximum absolute atomic E-state index is 11.3. The van der Waals surface area contributed by atoms with Crippen molar-refractivity contribution in [1.29, 1.82) is 0 Å². The Kier molecular flexibility index (Phi) is 5.71. The van der Waals surface area contributed by atoms with E-state index in [1.807, 2.05) is 0 Å². The Morgan fingerprint density at radius 1 is 1.20 bits per heavy atom. The number of methoxy groups -OCH3 is 1. The third-order valence-corrected chi connectivity index (χ3v) is 4.27. The van der Waals surface area contributed by atoms with E-state index in [4.69, 9.17) is 4.74 Å². The van der Waals surface area contributed by atoms with Gasteiger partial charge in [-0.2, -0.15) is 0 Å². The van der Waals surface area contributed by atoms with Crippen LogP contribution in [0.5, 0.6) is 0 Å². The first kappa shape index (κ1) is 14.8. The molecule has 0 aliphatic heterocycles. The van der Waals surface area contributed by atoms with Crippen molar-refractivity contribution in [3.63, 3.8) is 0 Å². The molecule has 8 heteroatoms. The molecule has 6 nitrogen and oxygen atoms in total. The molecule has 0 saturated heterocycles. The number of sulfone groups is 1. The second kappa shape index (κ2) is 5.78. The molecule has 15 heavy (non-hydrogen) atoms. The molecular formula is C7H17NO5S2. The molecule has 0 amide bonds. The van der Waals surface area contributed by atoms with Gasteiger partial charge in [0.05, 0.1) is 17.6 Å². The molecule has 0 aromatic rings. The lowest BCUT2D eigenvalue weighted by molar-refractivity contribution is 0.122. The van der Waals surface area contributed by atoms with E-state index in [9.17, 15) is 16.8 Å². The third-order valence-electron chi connectivity index (χ3n) is 1.72. The highest BCUT2D eigenvalue weighted by Crippen LogP contribution is 1.92. The van der Waals surface area contributed by atoms with E-state index in [1.54, 1.807) is 6.92 Å². The maximum atomic E-state index is 11.3. The molecule has 0 spiro atoms. The summed E-state index contributed by atoms with van der Waals surface area (Å²) < 4.78 is 51.2. The Labute approximate surface area is 91.0 Å². The highest BCUT2D eigenvalue weighted by Gasteiger charge is 2.14. The minimum absolute atomic E-state index is 0.141. The summed E-state index contributed by atoms with van der Waals surface area (Å²) in [5.41, 5.74) is 0. The summed E-state index contributed by atoms with van der Waals surface area (Å²) in [5.74, 6) is -0.786. The van der Waals surface area contributed by atoms with Gasteiger partial charge >= 0.3 is 0 Å². The summed E-state index contributed by atoms with van der Waals surface area (Å²) >= 11 is 0. The molecule has 0 aromatic carbocycles. The van der Waals surface area contributed by atoms with Crippen LogP contribution in [-0.2, 0) is 24.6 Å². The zero-order chi connectivity index (χ0) is 12.1. The number of sulfonamides is 1. The topological polar surface area (TPSA) is 89.5 Å². The van der Waals surface area contributed by atoms with Crippen LogP contribution in [0.15, 0.2) is 0 Å². The van der Waals surface area contributed by atoms with Gasteiger partial charge < -0.3 is 4.74 Å². The van der Waals surface area contributed by atoms with Crippen LogP contribution < -0.4 is 4.72 Å². The quantitative estimate of drug-likeness (QED) is 0.632.